The maximum Gasteiger partial charge on any atom is 0.317 e. The van der Waals surface area contributed by atoms with Gasteiger partial charge in [-0.2, -0.15) is 0 Å². The van der Waals surface area contributed by atoms with Crippen LogP contribution in [0.5, 0.6) is 0 Å². The molecule has 0 aromatic heterocycles. The van der Waals surface area contributed by atoms with Gasteiger partial charge in [-0.15, -0.1) is 0 Å². The lowest BCUT2D eigenvalue weighted by Crippen LogP contribution is -2.39. The van der Waals surface area contributed by atoms with Crippen molar-refractivity contribution in [2.24, 2.45) is 0 Å². The first-order chi connectivity index (χ1) is 9.66. The normalized spacial score (nSPS) is 22.1. The Bertz CT molecular complexity index is 421. The van der Waals surface area contributed by atoms with Gasteiger partial charge in [-0.25, -0.2) is 0 Å². The second-order valence-electron chi connectivity index (χ2n) is 5.53. The summed E-state index contributed by atoms with van der Waals surface area (Å²) >= 11 is 0. The van der Waals surface area contributed by atoms with Crippen LogP contribution in [0.3, 0.4) is 0 Å². The van der Waals surface area contributed by atoms with E-state index in [-0.39, 0.29) is 12.6 Å². The van der Waals surface area contributed by atoms with Crippen molar-refractivity contribution < 1.29 is 15.0 Å². The highest BCUT2D eigenvalue weighted by molar-refractivity contribution is 5.69. The number of hydrogen-bond donors (Lipinski definition) is 2. The fourth-order valence-electron chi connectivity index (χ4n) is 2.95. The molecule has 1 aliphatic rings. The highest BCUT2D eigenvalue weighted by Gasteiger charge is 2.25. The van der Waals surface area contributed by atoms with Gasteiger partial charge < -0.3 is 10.2 Å². The van der Waals surface area contributed by atoms with Gasteiger partial charge in [0.2, 0.25) is 0 Å². The predicted molar refractivity (Wildman–Crippen MR) is 77.5 cm³/mol. The van der Waals surface area contributed by atoms with Crippen molar-refractivity contribution in [2.75, 3.05) is 13.1 Å². The first-order valence-corrected chi connectivity index (χ1v) is 7.35. The van der Waals surface area contributed by atoms with Crippen molar-refractivity contribution >= 4 is 5.97 Å². The summed E-state index contributed by atoms with van der Waals surface area (Å²) in [5.74, 6) is -0.786. The molecule has 0 aliphatic carbocycles. The molecule has 0 spiro atoms. The molecule has 0 saturated carbocycles. The molecule has 4 nitrogen and oxygen atoms in total. The van der Waals surface area contributed by atoms with Gasteiger partial charge in [-0.05, 0) is 31.4 Å². The summed E-state index contributed by atoms with van der Waals surface area (Å²) in [4.78, 5) is 13.0. The highest BCUT2D eigenvalue weighted by atomic mass is 16.4. The first-order valence-electron chi connectivity index (χ1n) is 7.35. The topological polar surface area (TPSA) is 60.8 Å². The quantitative estimate of drug-likeness (QED) is 0.868. The van der Waals surface area contributed by atoms with E-state index in [9.17, 15) is 9.90 Å². The Morgan fingerprint density at radius 3 is 2.70 bits per heavy atom. The Kier molecular flexibility index (Phi) is 5.56. The van der Waals surface area contributed by atoms with Gasteiger partial charge in [0.15, 0.2) is 0 Å². The Morgan fingerprint density at radius 1 is 1.25 bits per heavy atom. The standard InChI is InChI=1S/C16H23NO3/c18-15(13-7-3-1-4-8-13)11-14-9-5-2-6-10-17(14)12-16(19)20/h1,3-4,7-8,14-15,18H,2,5-6,9-12H2,(H,19,20). The average molecular weight is 277 g/mol. The molecule has 2 atom stereocenters. The smallest absolute Gasteiger partial charge is 0.317 e. The van der Waals surface area contributed by atoms with Crippen molar-refractivity contribution in [1.29, 1.82) is 0 Å². The van der Waals surface area contributed by atoms with Crippen LogP contribution >= 0.6 is 0 Å². The van der Waals surface area contributed by atoms with E-state index in [1.807, 2.05) is 35.2 Å². The molecule has 1 fully saturated rings. The molecule has 1 aromatic rings. The number of aliphatic hydroxyl groups is 1. The van der Waals surface area contributed by atoms with Gasteiger partial charge in [0, 0.05) is 6.04 Å². The number of benzene rings is 1. The minimum absolute atomic E-state index is 0.0756. The third-order valence-electron chi connectivity index (χ3n) is 4.02. The van der Waals surface area contributed by atoms with E-state index in [4.69, 9.17) is 5.11 Å². The molecular formula is C16H23NO3. The van der Waals surface area contributed by atoms with Crippen LogP contribution in [-0.4, -0.2) is 40.2 Å². The van der Waals surface area contributed by atoms with Crippen LogP contribution in [-0.2, 0) is 4.79 Å². The van der Waals surface area contributed by atoms with E-state index in [1.54, 1.807) is 0 Å². The SMILES string of the molecule is O=C(O)CN1CCCCCC1CC(O)c1ccccc1. The number of nitrogens with zero attached hydrogens (tertiary/aromatic N) is 1. The number of rotatable bonds is 5. The Balaban J connectivity index is 2.01. The fraction of sp³-hybridized carbons (Fsp3) is 0.562. The molecular weight excluding hydrogens is 254 g/mol. The van der Waals surface area contributed by atoms with Crippen molar-refractivity contribution in [3.8, 4) is 0 Å². The minimum Gasteiger partial charge on any atom is -0.480 e. The Hall–Kier alpha value is -1.39. The maximum absolute atomic E-state index is 11.0. The summed E-state index contributed by atoms with van der Waals surface area (Å²) in [6.45, 7) is 0.894. The summed E-state index contributed by atoms with van der Waals surface area (Å²) in [6.07, 6.45) is 4.37. The van der Waals surface area contributed by atoms with Crippen molar-refractivity contribution in [3.05, 3.63) is 35.9 Å². The lowest BCUT2D eigenvalue weighted by molar-refractivity contribution is -0.139. The molecule has 4 heteroatoms. The van der Waals surface area contributed by atoms with Crippen LogP contribution in [0, 0.1) is 0 Å². The molecule has 20 heavy (non-hydrogen) atoms. The third kappa shape index (κ3) is 4.32. The lowest BCUT2D eigenvalue weighted by atomic mass is 9.98. The van der Waals surface area contributed by atoms with Crippen LogP contribution < -0.4 is 0 Å². The summed E-state index contributed by atoms with van der Waals surface area (Å²) in [6, 6.07) is 9.76. The largest absolute Gasteiger partial charge is 0.480 e. The molecule has 1 aliphatic heterocycles. The second-order valence-corrected chi connectivity index (χ2v) is 5.53. The van der Waals surface area contributed by atoms with Gasteiger partial charge in [0.25, 0.3) is 0 Å². The number of aliphatic carboxylic acids is 1. The molecule has 1 aromatic carbocycles. The Labute approximate surface area is 120 Å². The summed E-state index contributed by atoms with van der Waals surface area (Å²) < 4.78 is 0. The Morgan fingerprint density at radius 2 is 2.00 bits per heavy atom. The second kappa shape index (κ2) is 7.41. The third-order valence-corrected chi connectivity index (χ3v) is 4.02. The number of aliphatic hydroxyl groups excluding tert-OH is 1. The van der Waals surface area contributed by atoms with Gasteiger partial charge in [-0.3, -0.25) is 9.69 Å². The molecule has 1 saturated heterocycles. The zero-order valence-corrected chi connectivity index (χ0v) is 11.7. The van der Waals surface area contributed by atoms with E-state index in [2.05, 4.69) is 0 Å². The molecule has 2 N–H and O–H groups in total. The van der Waals surface area contributed by atoms with Crippen molar-refractivity contribution in [1.82, 2.24) is 4.90 Å². The van der Waals surface area contributed by atoms with Crippen LogP contribution in [0.2, 0.25) is 0 Å². The lowest BCUT2D eigenvalue weighted by Gasteiger charge is -2.30. The number of carbonyl (C=O) groups is 1. The van der Waals surface area contributed by atoms with E-state index in [1.165, 1.54) is 0 Å². The molecule has 2 unspecified atom stereocenters. The van der Waals surface area contributed by atoms with Crippen LogP contribution in [0.4, 0.5) is 0 Å². The summed E-state index contributed by atoms with van der Waals surface area (Å²) in [7, 11) is 0. The minimum atomic E-state index is -0.786. The van der Waals surface area contributed by atoms with Crippen molar-refractivity contribution in [3.63, 3.8) is 0 Å². The molecule has 0 amide bonds. The molecule has 110 valence electrons. The monoisotopic (exact) mass is 277 g/mol. The summed E-state index contributed by atoms with van der Waals surface area (Å²) in [5.41, 5.74) is 0.909. The van der Waals surface area contributed by atoms with E-state index in [0.29, 0.717) is 6.42 Å². The van der Waals surface area contributed by atoms with Crippen LogP contribution in [0.25, 0.3) is 0 Å². The fourth-order valence-corrected chi connectivity index (χ4v) is 2.95. The number of hydrogen-bond acceptors (Lipinski definition) is 3. The number of carboxylic acid groups (broad SMARTS) is 1. The highest BCUT2D eigenvalue weighted by Crippen LogP contribution is 2.26. The van der Waals surface area contributed by atoms with Crippen LogP contribution in [0.1, 0.15) is 43.8 Å². The predicted octanol–water partition coefficient (Wildman–Crippen LogP) is 2.44. The number of carboxylic acids is 1. The van der Waals surface area contributed by atoms with Crippen molar-refractivity contribution in [2.45, 2.75) is 44.2 Å². The first kappa shape index (κ1) is 15.0. The summed E-state index contributed by atoms with van der Waals surface area (Å²) in [5, 5.41) is 19.4. The van der Waals surface area contributed by atoms with Gasteiger partial charge >= 0.3 is 5.97 Å². The maximum atomic E-state index is 11.0. The molecule has 1 heterocycles. The zero-order valence-electron chi connectivity index (χ0n) is 11.7. The van der Waals surface area contributed by atoms with Crippen LogP contribution in [0.15, 0.2) is 30.3 Å². The van der Waals surface area contributed by atoms with E-state index in [0.717, 1.165) is 37.8 Å². The molecule has 0 radical (unpaired) electrons. The van der Waals surface area contributed by atoms with Gasteiger partial charge in [0.05, 0.1) is 12.6 Å². The van der Waals surface area contributed by atoms with Gasteiger partial charge in [0.1, 0.15) is 0 Å². The molecule has 2 rings (SSSR count). The average Bonchev–Trinajstić information content (AvgIpc) is 2.65. The zero-order chi connectivity index (χ0) is 14.4. The number of likely N-dealkylation sites (tertiary alicyclic amines) is 1. The molecule has 0 bridgehead atoms. The van der Waals surface area contributed by atoms with E-state index < -0.39 is 12.1 Å². The van der Waals surface area contributed by atoms with E-state index >= 15 is 0 Å². The van der Waals surface area contributed by atoms with Gasteiger partial charge in [-0.1, -0.05) is 43.2 Å².